The van der Waals surface area contributed by atoms with Gasteiger partial charge in [0.15, 0.2) is 0 Å². The minimum absolute atomic E-state index is 0.238. The highest BCUT2D eigenvalue weighted by atomic mass is 16.5. The van der Waals surface area contributed by atoms with E-state index in [0.717, 1.165) is 29.2 Å². The van der Waals surface area contributed by atoms with Gasteiger partial charge in [0.25, 0.3) is 0 Å². The van der Waals surface area contributed by atoms with Crippen LogP contribution >= 0.6 is 0 Å². The zero-order chi connectivity index (χ0) is 21.7. The number of hydrogen-bond donors (Lipinski definition) is 0. The average Bonchev–Trinajstić information content (AvgIpc) is 3.15. The van der Waals surface area contributed by atoms with Crippen LogP contribution in [0.2, 0.25) is 0 Å². The van der Waals surface area contributed by atoms with Gasteiger partial charge in [-0.3, -0.25) is 9.69 Å². The molecule has 2 aliphatic carbocycles. The van der Waals surface area contributed by atoms with Crippen molar-refractivity contribution in [2.75, 3.05) is 0 Å². The maximum absolute atomic E-state index is 11.5. The van der Waals surface area contributed by atoms with Crippen molar-refractivity contribution in [3.63, 3.8) is 0 Å². The monoisotopic (exact) mass is 435 g/mol. The Hall–Kier alpha value is -1.88. The van der Waals surface area contributed by atoms with E-state index in [0.29, 0.717) is 18.1 Å². The second-order valence-corrected chi connectivity index (χ2v) is 11.0. The molecule has 4 fully saturated rings. The van der Waals surface area contributed by atoms with Crippen molar-refractivity contribution in [3.05, 3.63) is 30.1 Å². The molecule has 2 saturated heterocycles. The van der Waals surface area contributed by atoms with Crippen LogP contribution in [0.1, 0.15) is 89.4 Å². The van der Waals surface area contributed by atoms with Crippen molar-refractivity contribution in [2.45, 2.75) is 108 Å². The largest absolute Gasteiger partial charge is 0.458 e. The standard InChI is InChI=1S/C27H37N3O2/c1-18(31)32-17-27-28-25-10-2-3-11-26(25)30(27)24-15-21-8-5-9-22(16-24)29(21)23-13-19-6-4-7-20(12-19)14-23/h2-3,10-11,19-24H,4-9,12-17H2,1H3/t19-,20+,21-,22+,23+,24?. The molecular weight excluding hydrogens is 398 g/mol. The Kier molecular flexibility index (Phi) is 5.49. The molecule has 4 bridgehead atoms. The number of benzene rings is 1. The molecule has 6 atom stereocenters. The van der Waals surface area contributed by atoms with E-state index in [1.807, 2.05) is 6.07 Å². The van der Waals surface area contributed by atoms with Crippen LogP contribution < -0.4 is 0 Å². The number of hydrogen-bond acceptors (Lipinski definition) is 4. The topological polar surface area (TPSA) is 47.4 Å². The number of carbonyl (C=O) groups is 1. The van der Waals surface area contributed by atoms with Crippen molar-refractivity contribution < 1.29 is 9.53 Å². The van der Waals surface area contributed by atoms with Crippen molar-refractivity contribution >= 4 is 17.0 Å². The first-order chi connectivity index (χ1) is 15.7. The van der Waals surface area contributed by atoms with Crippen molar-refractivity contribution in [1.82, 2.24) is 14.5 Å². The van der Waals surface area contributed by atoms with Gasteiger partial charge in [-0.25, -0.2) is 4.98 Å². The molecule has 0 radical (unpaired) electrons. The van der Waals surface area contributed by atoms with Crippen molar-refractivity contribution in [3.8, 4) is 0 Å². The number of fused-ring (bicyclic) bond motifs is 5. The molecule has 32 heavy (non-hydrogen) atoms. The Balaban J connectivity index is 1.28. The molecule has 5 nitrogen and oxygen atoms in total. The first kappa shape index (κ1) is 20.7. The summed E-state index contributed by atoms with van der Waals surface area (Å²) in [6.45, 7) is 1.75. The van der Waals surface area contributed by atoms with Gasteiger partial charge in [0, 0.05) is 31.1 Å². The highest BCUT2D eigenvalue weighted by Crippen LogP contribution is 2.48. The highest BCUT2D eigenvalue weighted by molar-refractivity contribution is 5.76. The Morgan fingerprint density at radius 2 is 1.59 bits per heavy atom. The summed E-state index contributed by atoms with van der Waals surface area (Å²) >= 11 is 0. The SMILES string of the molecule is CC(=O)OCc1nc2ccccc2n1C1C[C@H]2CCC[C@@H](C1)N2[C@H]1C[C@@H]2CCC[C@@H](C2)C1. The molecule has 5 heteroatoms. The first-order valence-electron chi connectivity index (χ1n) is 13.0. The minimum atomic E-state index is -0.238. The Morgan fingerprint density at radius 1 is 0.906 bits per heavy atom. The van der Waals surface area contributed by atoms with Crippen LogP contribution in [0.15, 0.2) is 24.3 Å². The fraction of sp³-hybridized carbons (Fsp3) is 0.704. The smallest absolute Gasteiger partial charge is 0.303 e. The molecule has 1 unspecified atom stereocenters. The molecule has 2 aliphatic heterocycles. The second kappa shape index (κ2) is 8.48. The number of piperidine rings is 2. The number of nitrogens with zero attached hydrogens (tertiary/aromatic N) is 3. The van der Waals surface area contributed by atoms with E-state index in [1.54, 1.807) is 0 Å². The third-order valence-electron chi connectivity index (χ3n) is 8.97. The predicted molar refractivity (Wildman–Crippen MR) is 125 cm³/mol. The summed E-state index contributed by atoms with van der Waals surface area (Å²) in [5.41, 5.74) is 2.21. The number of ether oxygens (including phenoxy) is 1. The summed E-state index contributed by atoms with van der Waals surface area (Å²) in [6, 6.07) is 11.1. The molecule has 1 aromatic heterocycles. The van der Waals surface area contributed by atoms with E-state index < -0.39 is 0 Å². The van der Waals surface area contributed by atoms with Gasteiger partial charge in [0.05, 0.1) is 11.0 Å². The van der Waals surface area contributed by atoms with Crippen LogP contribution in [0, 0.1) is 11.8 Å². The van der Waals surface area contributed by atoms with Crippen LogP contribution in [0.4, 0.5) is 0 Å². The van der Waals surface area contributed by atoms with Gasteiger partial charge in [0.1, 0.15) is 12.4 Å². The number of aromatic nitrogens is 2. The average molecular weight is 436 g/mol. The predicted octanol–water partition coefficient (Wildman–Crippen LogP) is 5.63. The zero-order valence-electron chi connectivity index (χ0n) is 19.4. The number of para-hydroxylation sites is 2. The van der Waals surface area contributed by atoms with Crippen LogP contribution in [-0.4, -0.2) is 38.5 Å². The normalized spacial score (nSPS) is 35.0. The van der Waals surface area contributed by atoms with Crippen molar-refractivity contribution in [1.29, 1.82) is 0 Å². The van der Waals surface area contributed by atoms with Crippen LogP contribution in [0.25, 0.3) is 11.0 Å². The maximum atomic E-state index is 11.5. The lowest BCUT2D eigenvalue weighted by molar-refractivity contribution is -0.142. The number of carbonyl (C=O) groups excluding carboxylic acids is 1. The molecule has 0 N–H and O–H groups in total. The lowest BCUT2D eigenvalue weighted by Crippen LogP contribution is -2.58. The van der Waals surface area contributed by atoms with Crippen LogP contribution in [-0.2, 0) is 16.1 Å². The van der Waals surface area contributed by atoms with Gasteiger partial charge in [-0.15, -0.1) is 0 Å². The summed E-state index contributed by atoms with van der Waals surface area (Å²) < 4.78 is 7.84. The number of imidazole rings is 1. The summed E-state index contributed by atoms with van der Waals surface area (Å²) in [5.74, 6) is 2.64. The van der Waals surface area contributed by atoms with E-state index in [1.165, 1.54) is 83.1 Å². The quantitative estimate of drug-likeness (QED) is 0.584. The van der Waals surface area contributed by atoms with Crippen molar-refractivity contribution in [2.24, 2.45) is 11.8 Å². The third-order valence-corrected chi connectivity index (χ3v) is 8.97. The summed E-state index contributed by atoms with van der Waals surface area (Å²) in [5, 5.41) is 0. The van der Waals surface area contributed by atoms with E-state index in [9.17, 15) is 4.79 Å². The van der Waals surface area contributed by atoms with E-state index in [4.69, 9.17) is 9.72 Å². The molecule has 2 saturated carbocycles. The number of esters is 1. The Bertz CT molecular complexity index is 958. The van der Waals surface area contributed by atoms with Gasteiger partial charge in [-0.2, -0.15) is 0 Å². The van der Waals surface area contributed by atoms with Gasteiger partial charge < -0.3 is 9.30 Å². The lowest BCUT2D eigenvalue weighted by atomic mass is 9.68. The van der Waals surface area contributed by atoms with Gasteiger partial charge in [0.2, 0.25) is 0 Å². The van der Waals surface area contributed by atoms with Crippen LogP contribution in [0.3, 0.4) is 0 Å². The molecule has 1 aromatic carbocycles. The first-order valence-corrected chi connectivity index (χ1v) is 13.0. The molecular formula is C27H37N3O2. The Morgan fingerprint density at radius 3 is 2.31 bits per heavy atom. The summed E-state index contributed by atoms with van der Waals surface area (Å²) in [7, 11) is 0. The molecule has 0 amide bonds. The maximum Gasteiger partial charge on any atom is 0.303 e. The molecule has 172 valence electrons. The van der Waals surface area contributed by atoms with E-state index >= 15 is 0 Å². The fourth-order valence-electron chi connectivity index (χ4n) is 7.91. The molecule has 2 aromatic rings. The highest BCUT2D eigenvalue weighted by Gasteiger charge is 2.45. The van der Waals surface area contributed by atoms with Crippen LogP contribution in [0.5, 0.6) is 0 Å². The fourth-order valence-corrected chi connectivity index (χ4v) is 7.91. The third kappa shape index (κ3) is 3.76. The van der Waals surface area contributed by atoms with Gasteiger partial charge >= 0.3 is 5.97 Å². The number of rotatable bonds is 4. The summed E-state index contributed by atoms with van der Waals surface area (Å²) in [6.07, 6.45) is 15.3. The molecule has 6 rings (SSSR count). The summed E-state index contributed by atoms with van der Waals surface area (Å²) in [4.78, 5) is 19.4. The lowest BCUT2D eigenvalue weighted by Gasteiger charge is -2.55. The Labute approximate surface area is 191 Å². The van der Waals surface area contributed by atoms with E-state index in [-0.39, 0.29) is 12.6 Å². The molecule has 3 heterocycles. The second-order valence-electron chi connectivity index (χ2n) is 11.0. The molecule has 4 aliphatic rings. The van der Waals surface area contributed by atoms with E-state index in [2.05, 4.69) is 27.7 Å². The van der Waals surface area contributed by atoms with Gasteiger partial charge in [-0.05, 0) is 68.9 Å². The molecule has 0 spiro atoms. The van der Waals surface area contributed by atoms with Gasteiger partial charge in [-0.1, -0.05) is 37.8 Å². The minimum Gasteiger partial charge on any atom is -0.458 e. The zero-order valence-corrected chi connectivity index (χ0v) is 19.4.